The monoisotopic (exact) mass is 237 g/mol. The first-order chi connectivity index (χ1) is 7.97. The van der Waals surface area contributed by atoms with Crippen molar-refractivity contribution in [2.24, 2.45) is 0 Å². The van der Waals surface area contributed by atoms with Crippen LogP contribution in [0, 0.1) is 6.92 Å². The molecule has 0 fully saturated rings. The van der Waals surface area contributed by atoms with Crippen LogP contribution in [0.3, 0.4) is 0 Å². The van der Waals surface area contributed by atoms with Crippen LogP contribution in [0.4, 0.5) is 5.69 Å². The Kier molecular flexibility index (Phi) is 4.52. The lowest BCUT2D eigenvalue weighted by atomic mass is 10.1. The van der Waals surface area contributed by atoms with E-state index in [4.69, 9.17) is 4.74 Å². The molecule has 94 valence electrons. The Morgan fingerprint density at radius 3 is 2.65 bits per heavy atom. The van der Waals surface area contributed by atoms with Crippen molar-refractivity contribution < 1.29 is 14.6 Å². The van der Waals surface area contributed by atoms with E-state index in [1.165, 1.54) is 0 Å². The zero-order valence-electron chi connectivity index (χ0n) is 10.7. The van der Waals surface area contributed by atoms with E-state index in [2.05, 4.69) is 0 Å². The number of nitrogens with zero attached hydrogens (tertiary/aromatic N) is 1. The van der Waals surface area contributed by atoms with Gasteiger partial charge in [0, 0.05) is 19.8 Å². The van der Waals surface area contributed by atoms with Gasteiger partial charge in [0.25, 0.3) is 0 Å². The molecule has 1 aromatic rings. The first-order valence-electron chi connectivity index (χ1n) is 5.60. The van der Waals surface area contributed by atoms with Crippen molar-refractivity contribution in [1.29, 1.82) is 0 Å². The van der Waals surface area contributed by atoms with Gasteiger partial charge in [-0.15, -0.1) is 0 Å². The molecule has 0 aliphatic carbocycles. The second-order valence-electron chi connectivity index (χ2n) is 4.09. The highest BCUT2D eigenvalue weighted by atomic mass is 16.5. The van der Waals surface area contributed by atoms with Crippen LogP contribution in [0.15, 0.2) is 18.2 Å². The lowest BCUT2D eigenvalue weighted by Gasteiger charge is -2.18. The van der Waals surface area contributed by atoms with E-state index in [-0.39, 0.29) is 6.61 Å². The molecule has 1 rings (SSSR count). The van der Waals surface area contributed by atoms with E-state index in [9.17, 15) is 9.90 Å². The van der Waals surface area contributed by atoms with E-state index in [0.717, 1.165) is 11.3 Å². The number of benzene rings is 1. The average molecular weight is 237 g/mol. The lowest BCUT2D eigenvalue weighted by Crippen LogP contribution is -2.17. The highest BCUT2D eigenvalue weighted by Gasteiger charge is 2.19. The molecule has 0 saturated heterocycles. The summed E-state index contributed by atoms with van der Waals surface area (Å²) in [5, 5.41) is 9.82. The maximum Gasteiger partial charge on any atom is 0.339 e. The van der Waals surface area contributed by atoms with Gasteiger partial charge in [-0.2, -0.15) is 0 Å². The molecule has 4 nitrogen and oxygen atoms in total. The summed E-state index contributed by atoms with van der Waals surface area (Å²) in [4.78, 5) is 13.4. The topological polar surface area (TPSA) is 49.8 Å². The van der Waals surface area contributed by atoms with Crippen LogP contribution in [-0.4, -0.2) is 31.8 Å². The van der Waals surface area contributed by atoms with Crippen molar-refractivity contribution in [3.8, 4) is 0 Å². The first kappa shape index (κ1) is 13.5. The fourth-order valence-electron chi connectivity index (χ4n) is 1.64. The van der Waals surface area contributed by atoms with E-state index < -0.39 is 12.1 Å². The third kappa shape index (κ3) is 3.20. The fourth-order valence-corrected chi connectivity index (χ4v) is 1.64. The van der Waals surface area contributed by atoms with Crippen molar-refractivity contribution in [3.05, 3.63) is 29.3 Å². The maximum atomic E-state index is 11.4. The first-order valence-corrected chi connectivity index (χ1v) is 5.60. The Bertz CT molecular complexity index is 402. The van der Waals surface area contributed by atoms with Gasteiger partial charge < -0.3 is 14.7 Å². The molecule has 0 radical (unpaired) electrons. The number of aliphatic hydroxyl groups excluding tert-OH is 1. The van der Waals surface area contributed by atoms with Crippen LogP contribution >= 0.6 is 0 Å². The number of aryl methyl sites for hydroxylation is 1. The van der Waals surface area contributed by atoms with Crippen LogP contribution in [0.5, 0.6) is 0 Å². The molecular formula is C13H19NO3. The number of carbonyl (C=O) groups is 1. The predicted octanol–water partition coefficient (Wildman–Crippen LogP) is 1.66. The largest absolute Gasteiger partial charge is 0.464 e. The van der Waals surface area contributed by atoms with Crippen molar-refractivity contribution in [2.75, 3.05) is 25.6 Å². The smallest absolute Gasteiger partial charge is 0.339 e. The maximum absolute atomic E-state index is 11.4. The molecule has 0 spiro atoms. The third-order valence-electron chi connectivity index (χ3n) is 2.54. The minimum absolute atomic E-state index is 0.266. The van der Waals surface area contributed by atoms with Gasteiger partial charge in [-0.3, -0.25) is 0 Å². The van der Waals surface area contributed by atoms with Gasteiger partial charge in [-0.25, -0.2) is 4.79 Å². The average Bonchev–Trinajstić information content (AvgIpc) is 2.28. The molecule has 0 aromatic heterocycles. The molecule has 17 heavy (non-hydrogen) atoms. The quantitative estimate of drug-likeness (QED) is 0.809. The summed E-state index contributed by atoms with van der Waals surface area (Å²) >= 11 is 0. The zero-order valence-corrected chi connectivity index (χ0v) is 10.7. The van der Waals surface area contributed by atoms with Crippen molar-refractivity contribution in [3.63, 3.8) is 0 Å². The van der Waals surface area contributed by atoms with Crippen molar-refractivity contribution in [1.82, 2.24) is 0 Å². The van der Waals surface area contributed by atoms with Crippen LogP contribution < -0.4 is 4.90 Å². The summed E-state index contributed by atoms with van der Waals surface area (Å²) in [6.45, 7) is 3.96. The van der Waals surface area contributed by atoms with Gasteiger partial charge in [-0.1, -0.05) is 12.1 Å². The Balaban J connectivity index is 2.99. The van der Waals surface area contributed by atoms with Crippen LogP contribution in [0.1, 0.15) is 24.2 Å². The number of esters is 1. The van der Waals surface area contributed by atoms with E-state index in [1.54, 1.807) is 19.1 Å². The summed E-state index contributed by atoms with van der Waals surface area (Å²) in [5.41, 5.74) is 2.62. The molecule has 0 aliphatic rings. The molecule has 0 saturated carbocycles. The number of hydrogen-bond acceptors (Lipinski definition) is 4. The zero-order chi connectivity index (χ0) is 13.0. The number of ether oxygens (including phenoxy) is 1. The Hall–Kier alpha value is -1.55. The SMILES string of the molecule is CCOC(=O)C(O)c1ccc(C)c(N(C)C)c1. The second-order valence-corrected chi connectivity index (χ2v) is 4.09. The van der Waals surface area contributed by atoms with Gasteiger partial charge in [0.1, 0.15) is 0 Å². The van der Waals surface area contributed by atoms with E-state index in [1.807, 2.05) is 32.0 Å². The third-order valence-corrected chi connectivity index (χ3v) is 2.54. The highest BCUT2D eigenvalue weighted by molar-refractivity contribution is 5.77. The summed E-state index contributed by atoms with van der Waals surface area (Å²) in [6.07, 6.45) is -1.21. The number of anilines is 1. The van der Waals surface area contributed by atoms with Crippen molar-refractivity contribution in [2.45, 2.75) is 20.0 Å². The molecule has 0 amide bonds. The van der Waals surface area contributed by atoms with Crippen LogP contribution in [0.2, 0.25) is 0 Å². The molecule has 0 aliphatic heterocycles. The number of carbonyl (C=O) groups excluding carboxylic acids is 1. The molecule has 1 atom stereocenters. The summed E-state index contributed by atoms with van der Waals surface area (Å²) < 4.78 is 4.79. The molecular weight excluding hydrogens is 218 g/mol. The fraction of sp³-hybridized carbons (Fsp3) is 0.462. The lowest BCUT2D eigenvalue weighted by molar-refractivity contribution is -0.153. The number of rotatable bonds is 4. The van der Waals surface area contributed by atoms with E-state index >= 15 is 0 Å². The summed E-state index contributed by atoms with van der Waals surface area (Å²) in [7, 11) is 3.84. The Labute approximate surface area is 102 Å². The van der Waals surface area contributed by atoms with Crippen LogP contribution in [-0.2, 0) is 9.53 Å². The predicted molar refractivity (Wildman–Crippen MR) is 67.1 cm³/mol. The molecule has 0 heterocycles. The second kappa shape index (κ2) is 5.68. The molecule has 1 aromatic carbocycles. The standard InChI is InChI=1S/C13H19NO3/c1-5-17-13(16)12(15)10-7-6-9(2)11(8-10)14(3)4/h6-8,12,15H,5H2,1-4H3. The van der Waals surface area contributed by atoms with Gasteiger partial charge in [0.15, 0.2) is 6.10 Å². The highest BCUT2D eigenvalue weighted by Crippen LogP contribution is 2.24. The molecule has 0 bridgehead atoms. The van der Waals surface area contributed by atoms with Crippen LogP contribution in [0.25, 0.3) is 0 Å². The van der Waals surface area contributed by atoms with Gasteiger partial charge in [-0.05, 0) is 31.0 Å². The van der Waals surface area contributed by atoms with Gasteiger partial charge in [0.05, 0.1) is 6.61 Å². The molecule has 1 unspecified atom stereocenters. The molecule has 1 N–H and O–H groups in total. The Morgan fingerprint density at radius 2 is 2.12 bits per heavy atom. The van der Waals surface area contributed by atoms with Gasteiger partial charge >= 0.3 is 5.97 Å². The van der Waals surface area contributed by atoms with Gasteiger partial charge in [0.2, 0.25) is 0 Å². The number of hydrogen-bond donors (Lipinski definition) is 1. The minimum Gasteiger partial charge on any atom is -0.464 e. The summed E-state index contributed by atoms with van der Waals surface area (Å²) in [5.74, 6) is -0.610. The van der Waals surface area contributed by atoms with E-state index in [0.29, 0.717) is 5.56 Å². The normalized spacial score (nSPS) is 12.1. The Morgan fingerprint density at radius 1 is 1.47 bits per heavy atom. The minimum atomic E-state index is -1.21. The van der Waals surface area contributed by atoms with Crippen molar-refractivity contribution >= 4 is 11.7 Å². The molecule has 4 heteroatoms. The number of aliphatic hydroxyl groups is 1. The summed E-state index contributed by atoms with van der Waals surface area (Å²) in [6, 6.07) is 5.42.